The molecule has 1 heterocycles. The van der Waals surface area contributed by atoms with E-state index in [2.05, 4.69) is 5.32 Å². The molecule has 0 unspecified atom stereocenters. The van der Waals surface area contributed by atoms with Crippen molar-refractivity contribution in [3.8, 4) is 0 Å². The summed E-state index contributed by atoms with van der Waals surface area (Å²) in [5.41, 5.74) is -0.314. The minimum atomic E-state index is -4.63. The molecule has 1 aromatic rings. The second-order valence-corrected chi connectivity index (χ2v) is 5.92. The number of nitro benzene ring substituents is 1. The molecule has 142 valence electrons. The Morgan fingerprint density at radius 1 is 1.31 bits per heavy atom. The largest absolute Gasteiger partial charge is 0.481 e. The van der Waals surface area contributed by atoms with Crippen LogP contribution in [0.25, 0.3) is 0 Å². The van der Waals surface area contributed by atoms with Gasteiger partial charge in [0.1, 0.15) is 5.69 Å². The number of carboxylic acids is 1. The molecule has 2 atom stereocenters. The molecule has 0 aromatic heterocycles. The number of benzene rings is 1. The highest BCUT2D eigenvalue weighted by Gasteiger charge is 2.52. The Morgan fingerprint density at radius 3 is 2.50 bits per heavy atom. The fourth-order valence-electron chi connectivity index (χ4n) is 2.86. The predicted octanol–water partition coefficient (Wildman–Crippen LogP) is 2.12. The molecule has 1 fully saturated rings. The van der Waals surface area contributed by atoms with Gasteiger partial charge in [-0.25, -0.2) is 0 Å². The lowest BCUT2D eigenvalue weighted by atomic mass is 9.96. The van der Waals surface area contributed by atoms with E-state index < -0.39 is 41.4 Å². The highest BCUT2D eigenvalue weighted by atomic mass is 19.4. The first-order valence-corrected chi connectivity index (χ1v) is 7.64. The van der Waals surface area contributed by atoms with Crippen molar-refractivity contribution < 1.29 is 32.8 Å². The molecule has 0 radical (unpaired) electrons. The zero-order valence-corrected chi connectivity index (χ0v) is 13.4. The third-order valence-corrected chi connectivity index (χ3v) is 4.16. The molecule has 8 nitrogen and oxygen atoms in total. The number of nitrogens with one attached hydrogen (secondary N) is 1. The fourth-order valence-corrected chi connectivity index (χ4v) is 2.86. The van der Waals surface area contributed by atoms with Crippen LogP contribution in [0.15, 0.2) is 24.3 Å². The second-order valence-electron chi connectivity index (χ2n) is 5.92. The van der Waals surface area contributed by atoms with Crippen molar-refractivity contribution in [2.45, 2.75) is 12.6 Å². The zero-order chi connectivity index (χ0) is 19.5. The number of hydrogen-bond acceptors (Lipinski definition) is 5. The average molecular weight is 375 g/mol. The van der Waals surface area contributed by atoms with Gasteiger partial charge in [0, 0.05) is 32.1 Å². The van der Waals surface area contributed by atoms with Crippen LogP contribution in [0.1, 0.15) is 6.42 Å². The molecule has 11 heteroatoms. The first kappa shape index (κ1) is 19.6. The number of alkyl halides is 3. The highest BCUT2D eigenvalue weighted by Crippen LogP contribution is 2.37. The third kappa shape index (κ3) is 4.69. The van der Waals surface area contributed by atoms with E-state index in [1.807, 2.05) is 0 Å². The molecule has 1 aromatic carbocycles. The van der Waals surface area contributed by atoms with E-state index >= 15 is 0 Å². The molecule has 0 spiro atoms. The molecule has 0 aliphatic carbocycles. The summed E-state index contributed by atoms with van der Waals surface area (Å²) in [7, 11) is 0. The number of aliphatic carboxylic acids is 1. The van der Waals surface area contributed by atoms with E-state index in [1.165, 1.54) is 29.2 Å². The van der Waals surface area contributed by atoms with Crippen LogP contribution >= 0.6 is 0 Å². The van der Waals surface area contributed by atoms with Crippen molar-refractivity contribution in [3.63, 3.8) is 0 Å². The van der Waals surface area contributed by atoms with Gasteiger partial charge < -0.3 is 15.3 Å². The van der Waals surface area contributed by atoms with Gasteiger partial charge in [-0.15, -0.1) is 0 Å². The summed E-state index contributed by atoms with van der Waals surface area (Å²) in [6.45, 7) is -0.889. The number of nitrogens with zero attached hydrogens (tertiary/aromatic N) is 2. The topological polar surface area (TPSA) is 113 Å². The molecular formula is C15H16F3N3O5. The Hall–Kier alpha value is -2.69. The number of carbonyl (C=O) groups is 2. The number of hydrogen-bond donors (Lipinski definition) is 2. The SMILES string of the molecule is O=C(CCN1C[C@@H](C(F)(F)F)[C@H](C(=O)O)C1)Nc1ccccc1[N+](=O)[O-]. The highest BCUT2D eigenvalue weighted by molar-refractivity contribution is 5.93. The lowest BCUT2D eigenvalue weighted by molar-refractivity contribution is -0.383. The van der Waals surface area contributed by atoms with Gasteiger partial charge in [0.25, 0.3) is 5.69 Å². The van der Waals surface area contributed by atoms with Gasteiger partial charge in [0.15, 0.2) is 0 Å². The maximum absolute atomic E-state index is 12.9. The first-order chi connectivity index (χ1) is 12.1. The molecule has 1 amide bonds. The molecule has 1 aliphatic heterocycles. The lowest BCUT2D eigenvalue weighted by Gasteiger charge is -2.18. The smallest absolute Gasteiger partial charge is 0.393 e. The quantitative estimate of drug-likeness (QED) is 0.582. The summed E-state index contributed by atoms with van der Waals surface area (Å²) in [5, 5.41) is 22.2. The van der Waals surface area contributed by atoms with Crippen LogP contribution in [0, 0.1) is 22.0 Å². The van der Waals surface area contributed by atoms with Gasteiger partial charge in [-0.2, -0.15) is 13.2 Å². The van der Waals surface area contributed by atoms with Gasteiger partial charge in [0.2, 0.25) is 5.91 Å². The predicted molar refractivity (Wildman–Crippen MR) is 83.5 cm³/mol. The Labute approximate surface area is 145 Å². The van der Waals surface area contributed by atoms with Crippen molar-refractivity contribution in [2.24, 2.45) is 11.8 Å². The van der Waals surface area contributed by atoms with Crippen molar-refractivity contribution >= 4 is 23.3 Å². The van der Waals surface area contributed by atoms with Gasteiger partial charge in [-0.1, -0.05) is 12.1 Å². The van der Waals surface area contributed by atoms with E-state index in [4.69, 9.17) is 5.11 Å². The molecule has 26 heavy (non-hydrogen) atoms. The summed E-state index contributed by atoms with van der Waals surface area (Å²) in [5.74, 6) is -5.70. The summed E-state index contributed by atoms with van der Waals surface area (Å²) < 4.78 is 38.8. The molecule has 1 saturated heterocycles. The Morgan fingerprint density at radius 2 is 1.96 bits per heavy atom. The fraction of sp³-hybridized carbons (Fsp3) is 0.467. The maximum atomic E-state index is 12.9. The Kier molecular flexibility index (Phi) is 5.80. The number of rotatable bonds is 6. The van der Waals surface area contributed by atoms with E-state index in [-0.39, 0.29) is 30.9 Å². The number of likely N-dealkylation sites (tertiary alicyclic amines) is 1. The molecule has 2 N–H and O–H groups in total. The molecular weight excluding hydrogens is 359 g/mol. The van der Waals surface area contributed by atoms with Crippen LogP contribution in [0.5, 0.6) is 0 Å². The maximum Gasteiger partial charge on any atom is 0.393 e. The first-order valence-electron chi connectivity index (χ1n) is 7.64. The Balaban J connectivity index is 1.94. The van der Waals surface area contributed by atoms with Gasteiger partial charge in [-0.05, 0) is 6.07 Å². The minimum absolute atomic E-state index is 0.0134. The molecule has 0 saturated carbocycles. The normalized spacial score (nSPS) is 20.7. The van der Waals surface area contributed by atoms with Gasteiger partial charge in [0.05, 0.1) is 16.8 Å². The molecule has 0 bridgehead atoms. The Bertz CT molecular complexity index is 710. The van der Waals surface area contributed by atoms with Crippen molar-refractivity contribution in [1.82, 2.24) is 4.90 Å². The monoisotopic (exact) mass is 375 g/mol. The summed E-state index contributed by atoms with van der Waals surface area (Å²) >= 11 is 0. The second kappa shape index (κ2) is 7.68. The van der Waals surface area contributed by atoms with Crippen molar-refractivity contribution in [1.29, 1.82) is 0 Å². The van der Waals surface area contributed by atoms with Crippen molar-refractivity contribution in [2.75, 3.05) is 25.0 Å². The van der Waals surface area contributed by atoms with Crippen LogP contribution < -0.4 is 5.32 Å². The molecule has 1 aliphatic rings. The number of halogens is 3. The van der Waals surface area contributed by atoms with Crippen molar-refractivity contribution in [3.05, 3.63) is 34.4 Å². The number of amides is 1. The number of carboxylic acid groups (broad SMARTS) is 1. The molecule has 2 rings (SSSR count). The lowest BCUT2D eigenvalue weighted by Crippen LogP contribution is -2.33. The van der Waals surface area contributed by atoms with Crippen LogP contribution in [0.2, 0.25) is 0 Å². The minimum Gasteiger partial charge on any atom is -0.481 e. The summed E-state index contributed by atoms with van der Waals surface area (Å²) in [4.78, 5) is 34.4. The van der Waals surface area contributed by atoms with E-state index in [0.717, 1.165) is 0 Å². The van der Waals surface area contributed by atoms with Gasteiger partial charge in [-0.3, -0.25) is 19.7 Å². The standard InChI is InChI=1S/C15H16F3N3O5/c16-15(17,18)10-8-20(7-9(10)14(23)24)6-5-13(22)19-11-3-1-2-4-12(11)21(25)26/h1-4,9-10H,5-8H2,(H,19,22)(H,23,24)/t9-,10-/m1/s1. The van der Waals surface area contributed by atoms with Gasteiger partial charge >= 0.3 is 12.1 Å². The van der Waals surface area contributed by atoms with E-state index in [1.54, 1.807) is 0 Å². The number of anilines is 1. The van der Waals surface area contributed by atoms with Crippen LogP contribution in [-0.4, -0.2) is 52.6 Å². The zero-order valence-electron chi connectivity index (χ0n) is 13.4. The van der Waals surface area contributed by atoms with Crippen LogP contribution in [-0.2, 0) is 9.59 Å². The average Bonchev–Trinajstić information content (AvgIpc) is 2.98. The van der Waals surface area contributed by atoms with E-state index in [9.17, 15) is 32.9 Å². The third-order valence-electron chi connectivity index (χ3n) is 4.16. The van der Waals surface area contributed by atoms with Crippen LogP contribution in [0.4, 0.5) is 24.5 Å². The number of nitro groups is 1. The summed E-state index contributed by atoms with van der Waals surface area (Å²) in [6, 6.07) is 5.48. The summed E-state index contributed by atoms with van der Waals surface area (Å²) in [6.07, 6.45) is -4.85. The number of para-hydroxylation sites is 2. The van der Waals surface area contributed by atoms with E-state index in [0.29, 0.717) is 0 Å². The van der Waals surface area contributed by atoms with Crippen LogP contribution in [0.3, 0.4) is 0 Å². The number of carbonyl (C=O) groups excluding carboxylic acids is 1.